The maximum Gasteiger partial charge on any atom is 0.323 e. The van der Waals surface area contributed by atoms with E-state index in [9.17, 15) is 0 Å². The third kappa shape index (κ3) is 7.36. The lowest BCUT2D eigenvalue weighted by molar-refractivity contribution is 0.222. The molecular formula is C14H27N5OS. The summed E-state index contributed by atoms with van der Waals surface area (Å²) < 4.78 is 5.58. The van der Waals surface area contributed by atoms with Gasteiger partial charge in [0.2, 0.25) is 11.9 Å². The topological polar surface area (TPSA) is 72.0 Å². The third-order valence-corrected chi connectivity index (χ3v) is 3.50. The number of nitrogens with zero attached hydrogens (tertiary/aromatic N) is 3. The molecule has 0 saturated carbocycles. The molecule has 0 bridgehead atoms. The van der Waals surface area contributed by atoms with Crippen LogP contribution in [-0.4, -0.2) is 45.1 Å². The van der Waals surface area contributed by atoms with Gasteiger partial charge in [0.05, 0.1) is 6.10 Å². The Bertz CT molecular complexity index is 416. The van der Waals surface area contributed by atoms with Crippen molar-refractivity contribution in [2.75, 3.05) is 28.7 Å². The van der Waals surface area contributed by atoms with Gasteiger partial charge in [-0.05, 0) is 45.6 Å². The average molecular weight is 313 g/mol. The summed E-state index contributed by atoms with van der Waals surface area (Å²) in [5.74, 6) is 3.38. The zero-order valence-corrected chi connectivity index (χ0v) is 14.5. The van der Waals surface area contributed by atoms with Crippen LogP contribution in [0.3, 0.4) is 0 Å². The summed E-state index contributed by atoms with van der Waals surface area (Å²) in [4.78, 5) is 12.9. The van der Waals surface area contributed by atoms with E-state index in [-0.39, 0.29) is 6.10 Å². The minimum atomic E-state index is 0.0353. The Morgan fingerprint density at radius 3 is 2.43 bits per heavy atom. The lowest BCUT2D eigenvalue weighted by Gasteiger charge is -2.15. The fourth-order valence-electron chi connectivity index (χ4n) is 1.62. The van der Waals surface area contributed by atoms with Crippen molar-refractivity contribution in [3.05, 3.63) is 0 Å². The molecule has 0 aliphatic carbocycles. The zero-order valence-electron chi connectivity index (χ0n) is 13.6. The summed E-state index contributed by atoms with van der Waals surface area (Å²) in [6.45, 7) is 11.0. The van der Waals surface area contributed by atoms with E-state index in [4.69, 9.17) is 4.74 Å². The SMILES string of the molecule is CCNc1nc(NC(C)CCSCC)nc(OC(C)C)n1. The van der Waals surface area contributed by atoms with Crippen LogP contribution in [0.15, 0.2) is 0 Å². The first-order valence-corrected chi connectivity index (χ1v) is 8.71. The summed E-state index contributed by atoms with van der Waals surface area (Å²) in [6, 6.07) is 0.668. The van der Waals surface area contributed by atoms with Crippen LogP contribution in [0.1, 0.15) is 41.0 Å². The zero-order chi connectivity index (χ0) is 15.7. The molecular weight excluding hydrogens is 286 g/mol. The molecule has 1 heterocycles. The monoisotopic (exact) mass is 313 g/mol. The normalized spacial score (nSPS) is 12.3. The van der Waals surface area contributed by atoms with Crippen molar-refractivity contribution in [2.24, 2.45) is 0 Å². The number of ether oxygens (including phenoxy) is 1. The smallest absolute Gasteiger partial charge is 0.323 e. The van der Waals surface area contributed by atoms with Gasteiger partial charge in [-0.1, -0.05) is 6.92 Å². The van der Waals surface area contributed by atoms with Crippen LogP contribution in [0.2, 0.25) is 0 Å². The fraction of sp³-hybridized carbons (Fsp3) is 0.786. The number of rotatable bonds is 10. The maximum absolute atomic E-state index is 5.58. The third-order valence-electron chi connectivity index (χ3n) is 2.57. The first-order chi connectivity index (χ1) is 10.0. The molecule has 0 aliphatic rings. The molecule has 0 spiro atoms. The summed E-state index contributed by atoms with van der Waals surface area (Å²) in [5, 5.41) is 6.42. The molecule has 7 heteroatoms. The minimum Gasteiger partial charge on any atom is -0.461 e. The van der Waals surface area contributed by atoms with E-state index in [2.05, 4.69) is 39.4 Å². The lowest BCUT2D eigenvalue weighted by atomic mass is 10.3. The summed E-state index contributed by atoms with van der Waals surface area (Å²) >= 11 is 1.94. The van der Waals surface area contributed by atoms with Crippen molar-refractivity contribution in [1.82, 2.24) is 15.0 Å². The van der Waals surface area contributed by atoms with Crippen LogP contribution >= 0.6 is 11.8 Å². The molecule has 0 saturated heterocycles. The maximum atomic E-state index is 5.58. The Labute approximate surface area is 131 Å². The Hall–Kier alpha value is -1.24. The second-order valence-electron chi connectivity index (χ2n) is 4.99. The number of hydrogen-bond acceptors (Lipinski definition) is 7. The second kappa shape index (κ2) is 9.65. The Morgan fingerprint density at radius 1 is 1.10 bits per heavy atom. The van der Waals surface area contributed by atoms with E-state index in [1.165, 1.54) is 0 Å². The van der Waals surface area contributed by atoms with Gasteiger partial charge in [-0.2, -0.15) is 26.7 Å². The Morgan fingerprint density at radius 2 is 1.81 bits per heavy atom. The number of nitrogens with one attached hydrogen (secondary N) is 2. The summed E-state index contributed by atoms with van der Waals surface area (Å²) in [5.41, 5.74) is 0. The first-order valence-electron chi connectivity index (χ1n) is 7.56. The van der Waals surface area contributed by atoms with Gasteiger partial charge in [-0.3, -0.25) is 0 Å². The van der Waals surface area contributed by atoms with Crippen molar-refractivity contribution in [3.8, 4) is 6.01 Å². The molecule has 1 aromatic heterocycles. The molecule has 0 radical (unpaired) electrons. The van der Waals surface area contributed by atoms with Crippen molar-refractivity contribution in [2.45, 2.75) is 53.2 Å². The van der Waals surface area contributed by atoms with E-state index < -0.39 is 0 Å². The minimum absolute atomic E-state index is 0.0353. The molecule has 0 fully saturated rings. The highest BCUT2D eigenvalue weighted by molar-refractivity contribution is 7.99. The quantitative estimate of drug-likeness (QED) is 0.643. The molecule has 1 aromatic rings. The summed E-state index contributed by atoms with van der Waals surface area (Å²) in [6.07, 6.45) is 1.11. The van der Waals surface area contributed by atoms with Gasteiger partial charge in [0.25, 0.3) is 0 Å². The predicted molar refractivity (Wildman–Crippen MR) is 90.5 cm³/mol. The second-order valence-corrected chi connectivity index (χ2v) is 6.39. The van der Waals surface area contributed by atoms with E-state index in [0.717, 1.165) is 24.5 Å². The lowest BCUT2D eigenvalue weighted by Crippen LogP contribution is -2.20. The fourth-order valence-corrected chi connectivity index (χ4v) is 2.43. The average Bonchev–Trinajstić information content (AvgIpc) is 2.38. The van der Waals surface area contributed by atoms with E-state index in [0.29, 0.717) is 23.9 Å². The van der Waals surface area contributed by atoms with Crippen LogP contribution in [0.5, 0.6) is 6.01 Å². The number of anilines is 2. The van der Waals surface area contributed by atoms with Crippen LogP contribution < -0.4 is 15.4 Å². The Kier molecular flexibility index (Phi) is 8.19. The van der Waals surface area contributed by atoms with Crippen molar-refractivity contribution < 1.29 is 4.74 Å². The van der Waals surface area contributed by atoms with Crippen molar-refractivity contribution in [3.63, 3.8) is 0 Å². The van der Waals surface area contributed by atoms with Crippen molar-refractivity contribution in [1.29, 1.82) is 0 Å². The Balaban J connectivity index is 2.72. The molecule has 0 aromatic carbocycles. The van der Waals surface area contributed by atoms with Gasteiger partial charge in [0.1, 0.15) is 0 Å². The molecule has 1 rings (SSSR count). The molecule has 21 heavy (non-hydrogen) atoms. The molecule has 1 atom stereocenters. The van der Waals surface area contributed by atoms with Gasteiger partial charge >= 0.3 is 6.01 Å². The predicted octanol–water partition coefficient (Wildman–Crippen LogP) is 3.03. The molecule has 6 nitrogen and oxygen atoms in total. The summed E-state index contributed by atoms with van der Waals surface area (Å²) in [7, 11) is 0. The molecule has 0 aliphatic heterocycles. The standard InChI is InChI=1S/C14H27N5OS/c1-6-15-12-17-13(16-11(5)8-9-21-7-2)19-14(18-12)20-10(3)4/h10-11H,6-9H2,1-5H3,(H2,15,16,17,18,19). The van der Waals surface area contributed by atoms with Gasteiger partial charge in [0.15, 0.2) is 0 Å². The van der Waals surface area contributed by atoms with Crippen molar-refractivity contribution >= 4 is 23.7 Å². The highest BCUT2D eigenvalue weighted by Gasteiger charge is 2.10. The molecule has 2 N–H and O–H groups in total. The van der Waals surface area contributed by atoms with Gasteiger partial charge in [0, 0.05) is 12.6 Å². The van der Waals surface area contributed by atoms with E-state index >= 15 is 0 Å². The first kappa shape index (κ1) is 17.8. The highest BCUT2D eigenvalue weighted by atomic mass is 32.2. The number of aromatic nitrogens is 3. The van der Waals surface area contributed by atoms with Crippen LogP contribution in [0.4, 0.5) is 11.9 Å². The molecule has 120 valence electrons. The number of hydrogen-bond donors (Lipinski definition) is 2. The van der Waals surface area contributed by atoms with Gasteiger partial charge in [-0.25, -0.2) is 0 Å². The van der Waals surface area contributed by atoms with Gasteiger partial charge in [-0.15, -0.1) is 0 Å². The largest absolute Gasteiger partial charge is 0.461 e. The number of thioether (sulfide) groups is 1. The van der Waals surface area contributed by atoms with Gasteiger partial charge < -0.3 is 15.4 Å². The van der Waals surface area contributed by atoms with Crippen LogP contribution in [-0.2, 0) is 0 Å². The van der Waals surface area contributed by atoms with Crippen LogP contribution in [0.25, 0.3) is 0 Å². The van der Waals surface area contributed by atoms with E-state index in [1.54, 1.807) is 0 Å². The highest BCUT2D eigenvalue weighted by Crippen LogP contribution is 2.14. The molecule has 0 amide bonds. The van der Waals surface area contributed by atoms with E-state index in [1.807, 2.05) is 32.5 Å². The molecule has 1 unspecified atom stereocenters. The van der Waals surface area contributed by atoms with Crippen LogP contribution in [0, 0.1) is 0 Å².